The summed E-state index contributed by atoms with van der Waals surface area (Å²) in [6.45, 7) is 5.34. The highest BCUT2D eigenvalue weighted by molar-refractivity contribution is 6.07. The number of aliphatic imine (C=N–C) groups is 4. The summed E-state index contributed by atoms with van der Waals surface area (Å²) in [4.78, 5) is 43.7. The number of carbonyl (C=O) groups is 2. The van der Waals surface area contributed by atoms with Gasteiger partial charge in [0.05, 0.1) is 19.6 Å². The van der Waals surface area contributed by atoms with E-state index in [9.17, 15) is 9.59 Å². The van der Waals surface area contributed by atoms with Gasteiger partial charge in [0.1, 0.15) is 23.7 Å². The molecule has 6 N–H and O–H groups in total. The Kier molecular flexibility index (Phi) is 8.50. The fourth-order valence-electron chi connectivity index (χ4n) is 5.36. The van der Waals surface area contributed by atoms with Gasteiger partial charge in [0.2, 0.25) is 11.8 Å². The maximum Gasteiger partial charge on any atom is 0.224 e. The fourth-order valence-corrected chi connectivity index (χ4v) is 5.36. The quantitative estimate of drug-likeness (QED) is 0.226. The zero-order valence-corrected chi connectivity index (χ0v) is 23.5. The smallest absolute Gasteiger partial charge is 0.224 e. The van der Waals surface area contributed by atoms with E-state index in [1.165, 1.54) is 0 Å². The van der Waals surface area contributed by atoms with E-state index in [-0.39, 0.29) is 18.0 Å². The van der Waals surface area contributed by atoms with Gasteiger partial charge in [-0.15, -0.1) is 0 Å². The third kappa shape index (κ3) is 6.82. The van der Waals surface area contributed by atoms with Crippen molar-refractivity contribution in [1.82, 2.24) is 21.3 Å². The highest BCUT2D eigenvalue weighted by Crippen LogP contribution is 2.24. The molecule has 2 aromatic carbocycles. The van der Waals surface area contributed by atoms with Crippen molar-refractivity contribution in [2.45, 2.75) is 31.8 Å². The van der Waals surface area contributed by atoms with Gasteiger partial charge in [0, 0.05) is 73.3 Å². The van der Waals surface area contributed by atoms with Gasteiger partial charge in [0.25, 0.3) is 0 Å². The standard InChI is InChI=1S/C30H36N10O2/c41-25(39-23-15-19(27-31-5-6-32-27)13-20(16-23)28-33-7-8-34-28)3-1-2-4-26(42)40-24-17-21(29-35-9-10-36-29)14-22(18-24)30-37-11-12-38-30/h5,13-18,27,32H,1-4,6-12H2,(H,33,34)(H,35,36)(H,37,38)(H,39,41)(H,40,42). The number of unbranched alkanes of at least 4 members (excludes halogenated alkanes) is 1. The second-order valence-corrected chi connectivity index (χ2v) is 10.6. The summed E-state index contributed by atoms with van der Waals surface area (Å²) in [6, 6.07) is 11.8. The van der Waals surface area contributed by atoms with Gasteiger partial charge >= 0.3 is 0 Å². The summed E-state index contributed by atoms with van der Waals surface area (Å²) in [5, 5.41) is 19.3. The van der Waals surface area contributed by atoms with Crippen molar-refractivity contribution in [2.75, 3.05) is 56.4 Å². The molecule has 0 spiro atoms. The highest BCUT2D eigenvalue weighted by atomic mass is 16.2. The molecule has 0 bridgehead atoms. The van der Waals surface area contributed by atoms with Gasteiger partial charge in [-0.05, 0) is 54.8 Å². The summed E-state index contributed by atoms with van der Waals surface area (Å²) >= 11 is 0. The van der Waals surface area contributed by atoms with E-state index in [1.807, 2.05) is 36.5 Å². The van der Waals surface area contributed by atoms with Crippen molar-refractivity contribution in [3.63, 3.8) is 0 Å². The van der Waals surface area contributed by atoms with E-state index < -0.39 is 0 Å². The number of hydrogen-bond acceptors (Lipinski definition) is 10. The average molecular weight is 569 g/mol. The Morgan fingerprint density at radius 2 is 1.19 bits per heavy atom. The van der Waals surface area contributed by atoms with Gasteiger partial charge in [0.15, 0.2) is 0 Å². The predicted octanol–water partition coefficient (Wildman–Crippen LogP) is 1.55. The minimum atomic E-state index is -0.136. The molecule has 2 amide bonds. The van der Waals surface area contributed by atoms with Crippen LogP contribution in [-0.4, -0.2) is 81.3 Å². The normalized spacial score (nSPS) is 19.0. The molecule has 0 saturated carbocycles. The lowest BCUT2D eigenvalue weighted by molar-refractivity contribution is -0.118. The van der Waals surface area contributed by atoms with Crippen LogP contribution in [0.1, 0.15) is 54.1 Å². The van der Waals surface area contributed by atoms with Crippen molar-refractivity contribution in [3.8, 4) is 0 Å². The molecule has 0 aromatic heterocycles. The van der Waals surface area contributed by atoms with E-state index in [0.717, 1.165) is 85.6 Å². The second-order valence-electron chi connectivity index (χ2n) is 10.6. The van der Waals surface area contributed by atoms with Crippen LogP contribution >= 0.6 is 0 Å². The lowest BCUT2D eigenvalue weighted by Gasteiger charge is -2.15. The van der Waals surface area contributed by atoms with Crippen LogP contribution in [0, 0.1) is 0 Å². The number of nitrogens with zero attached hydrogens (tertiary/aromatic N) is 4. The van der Waals surface area contributed by atoms with Crippen LogP contribution in [0.2, 0.25) is 0 Å². The third-order valence-electron chi connectivity index (χ3n) is 7.33. The molecule has 0 fully saturated rings. The summed E-state index contributed by atoms with van der Waals surface area (Å²) in [6.07, 6.45) is 3.56. The van der Waals surface area contributed by atoms with Crippen LogP contribution in [0.3, 0.4) is 0 Å². The van der Waals surface area contributed by atoms with Crippen molar-refractivity contribution in [2.24, 2.45) is 20.0 Å². The van der Waals surface area contributed by atoms with Crippen LogP contribution in [0.25, 0.3) is 0 Å². The Morgan fingerprint density at radius 3 is 1.64 bits per heavy atom. The maximum absolute atomic E-state index is 12.8. The Labute approximate surface area is 244 Å². The highest BCUT2D eigenvalue weighted by Gasteiger charge is 2.18. The molecule has 12 nitrogen and oxygen atoms in total. The number of rotatable bonds is 11. The average Bonchev–Trinajstić information content (AvgIpc) is 3.83. The molecule has 1 unspecified atom stereocenters. The number of benzene rings is 2. The molecule has 218 valence electrons. The molecule has 0 radical (unpaired) electrons. The second kappa shape index (κ2) is 12.9. The van der Waals surface area contributed by atoms with Crippen LogP contribution in [0.15, 0.2) is 56.4 Å². The van der Waals surface area contributed by atoms with Crippen LogP contribution in [0.5, 0.6) is 0 Å². The number of anilines is 2. The molecule has 4 heterocycles. The van der Waals surface area contributed by atoms with E-state index in [2.05, 4.69) is 57.9 Å². The number of carbonyl (C=O) groups excluding carboxylic acids is 2. The summed E-state index contributed by atoms with van der Waals surface area (Å²) in [5.41, 5.74) is 5.17. The SMILES string of the molecule is O=C(CCCCC(=O)Nc1cc(C2=NCCN2)cc(C2N=CCN2)c1)Nc1cc(C2=NCCN2)cc(C2=NCCN2)c1. The summed E-state index contributed by atoms with van der Waals surface area (Å²) in [5.74, 6) is 2.31. The molecule has 42 heavy (non-hydrogen) atoms. The largest absolute Gasteiger partial charge is 0.368 e. The van der Waals surface area contributed by atoms with Crippen LogP contribution in [0.4, 0.5) is 11.4 Å². The molecule has 6 rings (SSSR count). The Balaban J connectivity index is 1.02. The molecular weight excluding hydrogens is 532 g/mol. The molecule has 1 atom stereocenters. The Morgan fingerprint density at radius 1 is 0.690 bits per heavy atom. The zero-order chi connectivity index (χ0) is 28.7. The van der Waals surface area contributed by atoms with E-state index in [0.29, 0.717) is 37.1 Å². The first kappa shape index (κ1) is 27.6. The van der Waals surface area contributed by atoms with E-state index in [1.54, 1.807) is 0 Å². The van der Waals surface area contributed by atoms with Crippen molar-refractivity contribution in [1.29, 1.82) is 0 Å². The number of hydrogen-bond donors (Lipinski definition) is 6. The van der Waals surface area contributed by atoms with Gasteiger partial charge in [-0.3, -0.25) is 34.9 Å². The minimum absolute atomic E-state index is 0.0882. The number of nitrogens with one attached hydrogen (secondary N) is 6. The van der Waals surface area contributed by atoms with Crippen molar-refractivity contribution < 1.29 is 9.59 Å². The predicted molar refractivity (Wildman–Crippen MR) is 166 cm³/mol. The molecule has 12 heteroatoms. The molecule has 4 aliphatic rings. The first-order chi connectivity index (χ1) is 20.6. The zero-order valence-electron chi connectivity index (χ0n) is 23.5. The van der Waals surface area contributed by atoms with Crippen LogP contribution < -0.4 is 31.9 Å². The lowest BCUT2D eigenvalue weighted by atomic mass is 10.1. The van der Waals surface area contributed by atoms with Crippen LogP contribution in [-0.2, 0) is 9.59 Å². The van der Waals surface area contributed by atoms with Crippen molar-refractivity contribution >= 4 is 46.9 Å². The minimum Gasteiger partial charge on any atom is -0.368 e. The van der Waals surface area contributed by atoms with Gasteiger partial charge in [-0.2, -0.15) is 0 Å². The van der Waals surface area contributed by atoms with E-state index in [4.69, 9.17) is 0 Å². The Hall–Kier alpha value is -4.58. The van der Waals surface area contributed by atoms with E-state index >= 15 is 0 Å². The lowest BCUT2D eigenvalue weighted by Crippen LogP contribution is -2.23. The van der Waals surface area contributed by atoms with Crippen molar-refractivity contribution in [3.05, 3.63) is 58.7 Å². The first-order valence-corrected chi connectivity index (χ1v) is 14.6. The molecule has 2 aromatic rings. The molecule has 0 aliphatic carbocycles. The molecular formula is C30H36N10O2. The molecule has 0 saturated heterocycles. The first-order valence-electron chi connectivity index (χ1n) is 14.6. The van der Waals surface area contributed by atoms with Gasteiger partial charge in [-0.25, -0.2) is 0 Å². The monoisotopic (exact) mass is 568 g/mol. The summed E-state index contributed by atoms with van der Waals surface area (Å²) < 4.78 is 0. The van der Waals surface area contributed by atoms with Gasteiger partial charge < -0.3 is 26.6 Å². The fraction of sp³-hybridized carbons (Fsp3) is 0.400. The Bertz CT molecular complexity index is 1440. The number of amidine groups is 3. The third-order valence-corrected chi connectivity index (χ3v) is 7.33. The maximum atomic E-state index is 12.8. The van der Waals surface area contributed by atoms with Gasteiger partial charge in [-0.1, -0.05) is 0 Å². The topological polar surface area (TPSA) is 156 Å². The summed E-state index contributed by atoms with van der Waals surface area (Å²) in [7, 11) is 0. The number of amides is 2. The molecule has 4 aliphatic heterocycles.